The second kappa shape index (κ2) is 7.52. The number of hydrogen-bond donors (Lipinski definition) is 0. The fourth-order valence-electron chi connectivity index (χ4n) is 1.30. The number of nitro groups is 1. The Bertz CT molecular complexity index is 472. The van der Waals surface area contributed by atoms with Gasteiger partial charge in [-0.2, -0.15) is 11.8 Å². The number of Topliss-reactive ketones (excluding diaryl/α,β-unsaturated/α-hetero) is 1. The Hall–Kier alpha value is -1.89. The van der Waals surface area contributed by atoms with E-state index in [0.29, 0.717) is 5.56 Å². The summed E-state index contributed by atoms with van der Waals surface area (Å²) >= 11 is 1.35. The Kier molecular flexibility index (Phi) is 6.01. The van der Waals surface area contributed by atoms with Crippen LogP contribution in [0.1, 0.15) is 12.0 Å². The summed E-state index contributed by atoms with van der Waals surface area (Å²) in [5.41, 5.74) is 0.612. The van der Waals surface area contributed by atoms with Gasteiger partial charge in [-0.05, 0) is 24.0 Å². The summed E-state index contributed by atoms with van der Waals surface area (Å²) in [6.07, 6.45) is 1.54. The van der Waals surface area contributed by atoms with Crippen molar-refractivity contribution in [2.45, 2.75) is 13.0 Å². The fraction of sp³-hybridized carbons (Fsp3) is 0.333. The Morgan fingerprint density at radius 2 is 1.95 bits per heavy atom. The van der Waals surface area contributed by atoms with Gasteiger partial charge >= 0.3 is 5.97 Å². The average Bonchev–Trinajstić information content (AvgIpc) is 2.37. The smallest absolute Gasteiger partial charge is 0.313 e. The van der Waals surface area contributed by atoms with Gasteiger partial charge in [0, 0.05) is 12.1 Å². The van der Waals surface area contributed by atoms with Gasteiger partial charge in [0.2, 0.25) is 0 Å². The first-order chi connectivity index (χ1) is 9.02. The first kappa shape index (κ1) is 15.2. The minimum Gasteiger partial charge on any atom is -0.460 e. The molecule has 0 amide bonds. The van der Waals surface area contributed by atoms with E-state index in [1.165, 1.54) is 36.0 Å². The Balaban J connectivity index is 2.42. The van der Waals surface area contributed by atoms with Gasteiger partial charge < -0.3 is 4.74 Å². The van der Waals surface area contributed by atoms with E-state index in [0.717, 1.165) is 0 Å². The predicted octanol–water partition coefficient (Wildman–Crippen LogP) is 1.96. The number of carbonyl (C=O) groups is 2. The van der Waals surface area contributed by atoms with E-state index in [9.17, 15) is 19.7 Å². The standard InChI is InChI=1S/C12H13NO5S/c1-19-8-11(14)6-12(15)18-7-9-2-4-10(5-3-9)13(16)17/h2-5H,6-8H2,1H3. The molecule has 0 bridgehead atoms. The molecule has 1 rings (SSSR count). The molecule has 1 aromatic carbocycles. The highest BCUT2D eigenvalue weighted by atomic mass is 32.2. The molecule has 102 valence electrons. The Labute approximate surface area is 114 Å². The second-order valence-corrected chi connectivity index (χ2v) is 4.60. The van der Waals surface area contributed by atoms with Gasteiger partial charge in [-0.1, -0.05) is 0 Å². The van der Waals surface area contributed by atoms with Gasteiger partial charge in [-0.3, -0.25) is 19.7 Å². The highest BCUT2D eigenvalue weighted by molar-refractivity contribution is 7.99. The van der Waals surface area contributed by atoms with Crippen LogP contribution in [0.25, 0.3) is 0 Å². The lowest BCUT2D eigenvalue weighted by Crippen LogP contribution is -2.12. The predicted molar refractivity (Wildman–Crippen MR) is 70.9 cm³/mol. The first-order valence-corrected chi connectivity index (χ1v) is 6.82. The van der Waals surface area contributed by atoms with Crippen molar-refractivity contribution in [3.63, 3.8) is 0 Å². The summed E-state index contributed by atoms with van der Waals surface area (Å²) in [6.45, 7) is 0.00335. The lowest BCUT2D eigenvalue weighted by Gasteiger charge is -2.04. The molecule has 0 aliphatic rings. The maximum absolute atomic E-state index is 11.3. The highest BCUT2D eigenvalue weighted by Crippen LogP contribution is 2.12. The van der Waals surface area contributed by atoms with Crippen LogP contribution in [0.3, 0.4) is 0 Å². The molecule has 0 heterocycles. The molecular formula is C12H13NO5S. The van der Waals surface area contributed by atoms with Crippen molar-refractivity contribution < 1.29 is 19.2 Å². The summed E-state index contributed by atoms with van der Waals surface area (Å²) < 4.78 is 4.91. The van der Waals surface area contributed by atoms with Gasteiger partial charge in [0.25, 0.3) is 5.69 Å². The lowest BCUT2D eigenvalue weighted by atomic mass is 10.2. The van der Waals surface area contributed by atoms with Crippen molar-refractivity contribution in [1.29, 1.82) is 0 Å². The molecule has 0 spiro atoms. The van der Waals surface area contributed by atoms with E-state index in [1.54, 1.807) is 6.26 Å². The van der Waals surface area contributed by atoms with Crippen LogP contribution in [-0.2, 0) is 20.9 Å². The molecule has 0 aromatic heterocycles. The summed E-state index contributed by atoms with van der Waals surface area (Å²) in [5, 5.41) is 10.4. The van der Waals surface area contributed by atoms with E-state index >= 15 is 0 Å². The minimum absolute atomic E-state index is 0.00335. The zero-order chi connectivity index (χ0) is 14.3. The van der Waals surface area contributed by atoms with Gasteiger partial charge in [-0.25, -0.2) is 0 Å². The lowest BCUT2D eigenvalue weighted by molar-refractivity contribution is -0.384. The van der Waals surface area contributed by atoms with Gasteiger partial charge in [0.1, 0.15) is 13.0 Å². The van der Waals surface area contributed by atoms with Crippen LogP contribution in [0, 0.1) is 10.1 Å². The van der Waals surface area contributed by atoms with Crippen LogP contribution in [0.5, 0.6) is 0 Å². The molecule has 1 aromatic rings. The highest BCUT2D eigenvalue weighted by Gasteiger charge is 2.10. The van der Waals surface area contributed by atoms with Crippen LogP contribution >= 0.6 is 11.8 Å². The van der Waals surface area contributed by atoms with Crippen molar-refractivity contribution in [1.82, 2.24) is 0 Å². The molecule has 0 unspecified atom stereocenters. The number of benzene rings is 1. The molecule has 6 nitrogen and oxygen atoms in total. The Morgan fingerprint density at radius 3 is 2.47 bits per heavy atom. The van der Waals surface area contributed by atoms with Gasteiger partial charge in [0.15, 0.2) is 5.78 Å². The maximum Gasteiger partial charge on any atom is 0.313 e. The number of thioether (sulfide) groups is 1. The molecule has 7 heteroatoms. The van der Waals surface area contributed by atoms with Crippen molar-refractivity contribution in [3.05, 3.63) is 39.9 Å². The quantitative estimate of drug-likeness (QED) is 0.329. The number of carbonyl (C=O) groups excluding carboxylic acids is 2. The molecular weight excluding hydrogens is 270 g/mol. The number of rotatable bonds is 7. The first-order valence-electron chi connectivity index (χ1n) is 5.42. The van der Waals surface area contributed by atoms with Crippen LogP contribution in [0.4, 0.5) is 5.69 Å². The number of nitrogens with zero attached hydrogens (tertiary/aromatic N) is 1. The zero-order valence-corrected chi connectivity index (χ0v) is 11.1. The minimum atomic E-state index is -0.586. The van der Waals surface area contributed by atoms with Crippen LogP contribution in [0.15, 0.2) is 24.3 Å². The molecule has 0 aliphatic heterocycles. The monoisotopic (exact) mass is 283 g/mol. The van der Waals surface area contributed by atoms with Gasteiger partial charge in [-0.15, -0.1) is 0 Å². The van der Waals surface area contributed by atoms with Crippen LogP contribution in [-0.4, -0.2) is 28.7 Å². The molecule has 0 atom stereocenters. The largest absolute Gasteiger partial charge is 0.460 e. The summed E-state index contributed by atoms with van der Waals surface area (Å²) in [4.78, 5) is 32.4. The molecule has 19 heavy (non-hydrogen) atoms. The molecule has 0 radical (unpaired) electrons. The SMILES string of the molecule is CSCC(=O)CC(=O)OCc1ccc([N+](=O)[O-])cc1. The molecule has 0 fully saturated rings. The molecule has 0 saturated carbocycles. The molecule has 0 N–H and O–H groups in total. The van der Waals surface area contributed by atoms with E-state index in [-0.39, 0.29) is 30.3 Å². The summed E-state index contributed by atoms with van der Waals surface area (Å²) in [5.74, 6) is -0.481. The number of nitro benzene ring substituents is 1. The third-order valence-corrected chi connectivity index (χ3v) is 2.80. The zero-order valence-electron chi connectivity index (χ0n) is 10.3. The number of ether oxygens (including phenoxy) is 1. The normalized spacial score (nSPS) is 9.95. The topological polar surface area (TPSA) is 86.5 Å². The molecule has 0 aliphatic carbocycles. The van der Waals surface area contributed by atoms with E-state index in [1.807, 2.05) is 0 Å². The van der Waals surface area contributed by atoms with Crippen molar-refractivity contribution >= 4 is 29.2 Å². The van der Waals surface area contributed by atoms with E-state index < -0.39 is 10.9 Å². The summed E-state index contributed by atoms with van der Waals surface area (Å²) in [7, 11) is 0. The molecule has 0 saturated heterocycles. The average molecular weight is 283 g/mol. The number of esters is 1. The Morgan fingerprint density at radius 1 is 1.32 bits per heavy atom. The fourth-order valence-corrected chi connectivity index (χ4v) is 1.73. The number of non-ortho nitro benzene ring substituents is 1. The van der Waals surface area contributed by atoms with Crippen molar-refractivity contribution in [2.24, 2.45) is 0 Å². The number of hydrogen-bond acceptors (Lipinski definition) is 6. The third-order valence-electron chi connectivity index (χ3n) is 2.19. The van der Waals surface area contributed by atoms with Crippen LogP contribution < -0.4 is 0 Å². The van der Waals surface area contributed by atoms with E-state index in [2.05, 4.69) is 0 Å². The second-order valence-electron chi connectivity index (χ2n) is 3.73. The maximum atomic E-state index is 11.3. The number of ketones is 1. The van der Waals surface area contributed by atoms with Gasteiger partial charge in [0.05, 0.1) is 10.7 Å². The van der Waals surface area contributed by atoms with Crippen LogP contribution in [0.2, 0.25) is 0 Å². The van der Waals surface area contributed by atoms with Crippen molar-refractivity contribution in [3.8, 4) is 0 Å². The third kappa shape index (κ3) is 5.52. The summed E-state index contributed by atoms with van der Waals surface area (Å²) in [6, 6.07) is 5.69. The van der Waals surface area contributed by atoms with Crippen molar-refractivity contribution in [2.75, 3.05) is 12.0 Å². The van der Waals surface area contributed by atoms with E-state index in [4.69, 9.17) is 4.74 Å².